The van der Waals surface area contributed by atoms with Crippen molar-refractivity contribution >= 4 is 34.6 Å². The Morgan fingerprint density at radius 2 is 2.18 bits per heavy atom. The molecule has 2 rings (SSSR count). The van der Waals surface area contributed by atoms with Crippen LogP contribution in [-0.4, -0.2) is 35.7 Å². The van der Waals surface area contributed by atoms with Gasteiger partial charge in [-0.1, -0.05) is 11.6 Å². The van der Waals surface area contributed by atoms with Gasteiger partial charge in [0.2, 0.25) is 0 Å². The summed E-state index contributed by atoms with van der Waals surface area (Å²) in [5.41, 5.74) is 0.767. The minimum Gasteiger partial charge on any atom is -0.497 e. The van der Waals surface area contributed by atoms with E-state index in [0.29, 0.717) is 29.0 Å². The maximum atomic E-state index is 5.80. The lowest BCUT2D eigenvalue weighted by atomic mass is 10.2. The smallest absolute Gasteiger partial charge is 0.170 e. The first kappa shape index (κ1) is 16.4. The molecule has 2 aromatic rings. The van der Waals surface area contributed by atoms with Gasteiger partial charge in [0.15, 0.2) is 5.11 Å². The molecule has 2 N–H and O–H groups in total. The number of halogens is 1. The van der Waals surface area contributed by atoms with Crippen molar-refractivity contribution in [3.8, 4) is 11.5 Å². The van der Waals surface area contributed by atoms with Crippen LogP contribution in [0, 0.1) is 0 Å². The summed E-state index contributed by atoms with van der Waals surface area (Å²) in [6, 6.07) is 5.47. The summed E-state index contributed by atoms with van der Waals surface area (Å²) in [6.07, 6.45) is 3.35. The number of rotatable bonds is 6. The number of hydrogen-bond donors (Lipinski definition) is 2. The van der Waals surface area contributed by atoms with Gasteiger partial charge in [-0.2, -0.15) is 5.10 Å². The third kappa shape index (κ3) is 4.51. The Labute approximate surface area is 139 Å². The van der Waals surface area contributed by atoms with E-state index in [1.54, 1.807) is 37.4 Å². The molecule has 0 aliphatic rings. The molecule has 0 atom stereocenters. The molecular weight excluding hydrogens is 324 g/mol. The molecule has 0 saturated carbocycles. The van der Waals surface area contributed by atoms with E-state index < -0.39 is 0 Å². The average Bonchev–Trinajstić information content (AvgIpc) is 2.93. The van der Waals surface area contributed by atoms with Crippen molar-refractivity contribution in [1.82, 2.24) is 15.1 Å². The summed E-state index contributed by atoms with van der Waals surface area (Å²) in [6.45, 7) is 1.29. The number of hydrogen-bond acceptors (Lipinski definition) is 4. The van der Waals surface area contributed by atoms with E-state index in [1.807, 2.05) is 12.1 Å². The summed E-state index contributed by atoms with van der Waals surface area (Å²) in [7, 11) is 3.20. The molecule has 0 aliphatic carbocycles. The lowest BCUT2D eigenvalue weighted by Crippen LogP contribution is -2.31. The first-order valence-electron chi connectivity index (χ1n) is 6.57. The highest BCUT2D eigenvalue weighted by Crippen LogP contribution is 2.28. The SMILES string of the molecule is COc1ccc(NC(=S)NCCn2cc(Cl)cn2)c(OC)c1. The summed E-state index contributed by atoms with van der Waals surface area (Å²) in [5, 5.41) is 11.4. The van der Waals surface area contributed by atoms with Crippen molar-refractivity contribution in [2.45, 2.75) is 6.54 Å². The van der Waals surface area contributed by atoms with Crippen LogP contribution in [0.3, 0.4) is 0 Å². The van der Waals surface area contributed by atoms with Crippen LogP contribution in [0.1, 0.15) is 0 Å². The highest BCUT2D eigenvalue weighted by atomic mass is 35.5. The quantitative estimate of drug-likeness (QED) is 0.788. The summed E-state index contributed by atoms with van der Waals surface area (Å²) in [5.74, 6) is 1.37. The molecule has 22 heavy (non-hydrogen) atoms. The van der Waals surface area contributed by atoms with E-state index in [2.05, 4.69) is 15.7 Å². The standard InChI is InChI=1S/C14H17ClN4O2S/c1-20-11-3-4-12(13(7-11)21-2)18-14(22)16-5-6-19-9-10(15)8-17-19/h3-4,7-9H,5-6H2,1-2H3,(H2,16,18,22). The maximum Gasteiger partial charge on any atom is 0.170 e. The molecule has 0 radical (unpaired) electrons. The van der Waals surface area contributed by atoms with E-state index >= 15 is 0 Å². The Morgan fingerprint density at radius 3 is 2.82 bits per heavy atom. The lowest BCUT2D eigenvalue weighted by Gasteiger charge is -2.14. The van der Waals surface area contributed by atoms with Gasteiger partial charge in [-0.15, -0.1) is 0 Å². The minimum atomic E-state index is 0.502. The van der Waals surface area contributed by atoms with Gasteiger partial charge in [0.1, 0.15) is 11.5 Å². The second kappa shape index (κ2) is 7.86. The number of thiocarbonyl (C=S) groups is 1. The van der Waals surface area contributed by atoms with Crippen molar-refractivity contribution in [2.75, 3.05) is 26.1 Å². The first-order valence-corrected chi connectivity index (χ1v) is 7.36. The maximum absolute atomic E-state index is 5.80. The van der Waals surface area contributed by atoms with E-state index in [0.717, 1.165) is 11.4 Å². The van der Waals surface area contributed by atoms with Crippen LogP contribution in [0.4, 0.5) is 5.69 Å². The molecular formula is C14H17ClN4O2S. The van der Waals surface area contributed by atoms with Crippen molar-refractivity contribution in [3.63, 3.8) is 0 Å². The summed E-state index contributed by atoms with van der Waals surface area (Å²) < 4.78 is 12.2. The fraction of sp³-hybridized carbons (Fsp3) is 0.286. The van der Waals surface area contributed by atoms with E-state index in [1.165, 1.54) is 0 Å². The summed E-state index contributed by atoms with van der Waals surface area (Å²) in [4.78, 5) is 0. The number of benzene rings is 1. The third-order valence-corrected chi connectivity index (χ3v) is 3.33. The van der Waals surface area contributed by atoms with Gasteiger partial charge in [0.05, 0.1) is 37.7 Å². The minimum absolute atomic E-state index is 0.502. The van der Waals surface area contributed by atoms with Crippen molar-refractivity contribution in [1.29, 1.82) is 0 Å². The second-order valence-corrected chi connectivity index (χ2v) is 5.21. The van der Waals surface area contributed by atoms with Crippen molar-refractivity contribution < 1.29 is 9.47 Å². The molecule has 1 heterocycles. The number of aromatic nitrogens is 2. The Morgan fingerprint density at radius 1 is 1.36 bits per heavy atom. The van der Waals surface area contributed by atoms with Crippen LogP contribution < -0.4 is 20.1 Å². The highest BCUT2D eigenvalue weighted by molar-refractivity contribution is 7.80. The van der Waals surface area contributed by atoms with E-state index in [9.17, 15) is 0 Å². The number of nitrogens with one attached hydrogen (secondary N) is 2. The van der Waals surface area contributed by atoms with Crippen LogP contribution in [0.25, 0.3) is 0 Å². The van der Waals surface area contributed by atoms with Crippen LogP contribution >= 0.6 is 23.8 Å². The Hall–Kier alpha value is -1.99. The zero-order valence-corrected chi connectivity index (χ0v) is 13.9. The second-order valence-electron chi connectivity index (χ2n) is 4.37. The molecule has 1 aromatic heterocycles. The Kier molecular flexibility index (Phi) is 5.85. The van der Waals surface area contributed by atoms with Gasteiger partial charge in [0.25, 0.3) is 0 Å². The topological polar surface area (TPSA) is 60.3 Å². The van der Waals surface area contributed by atoms with E-state index in [-0.39, 0.29) is 0 Å². The predicted molar refractivity (Wildman–Crippen MR) is 91.0 cm³/mol. The average molecular weight is 341 g/mol. The predicted octanol–water partition coefficient (Wildman–Crippen LogP) is 2.54. The molecule has 0 aliphatic heterocycles. The molecule has 6 nitrogen and oxygen atoms in total. The zero-order chi connectivity index (χ0) is 15.9. The molecule has 0 unspecified atom stereocenters. The summed E-state index contributed by atoms with van der Waals surface area (Å²) >= 11 is 11.1. The number of nitrogens with zero attached hydrogens (tertiary/aromatic N) is 2. The van der Waals surface area contributed by atoms with Crippen molar-refractivity contribution in [3.05, 3.63) is 35.6 Å². The molecule has 0 saturated heterocycles. The molecule has 0 spiro atoms. The zero-order valence-electron chi connectivity index (χ0n) is 12.3. The van der Waals surface area contributed by atoms with Gasteiger partial charge >= 0.3 is 0 Å². The fourth-order valence-electron chi connectivity index (χ4n) is 1.81. The largest absolute Gasteiger partial charge is 0.497 e. The van der Waals surface area contributed by atoms with Gasteiger partial charge < -0.3 is 20.1 Å². The number of methoxy groups -OCH3 is 2. The van der Waals surface area contributed by atoms with Crippen LogP contribution in [0.5, 0.6) is 11.5 Å². The van der Waals surface area contributed by atoms with Gasteiger partial charge in [-0.25, -0.2) is 0 Å². The van der Waals surface area contributed by atoms with Crippen LogP contribution in [-0.2, 0) is 6.54 Å². The monoisotopic (exact) mass is 340 g/mol. The highest BCUT2D eigenvalue weighted by Gasteiger charge is 2.06. The van der Waals surface area contributed by atoms with Crippen molar-refractivity contribution in [2.24, 2.45) is 0 Å². The molecule has 1 aromatic carbocycles. The third-order valence-electron chi connectivity index (χ3n) is 2.89. The normalized spacial score (nSPS) is 10.1. The van der Waals surface area contributed by atoms with Gasteiger partial charge in [0, 0.05) is 18.8 Å². The first-order chi connectivity index (χ1) is 10.6. The van der Waals surface area contributed by atoms with Gasteiger partial charge in [-0.05, 0) is 24.4 Å². The molecule has 0 fully saturated rings. The number of anilines is 1. The molecule has 0 bridgehead atoms. The lowest BCUT2D eigenvalue weighted by molar-refractivity contribution is 0.395. The molecule has 8 heteroatoms. The van der Waals surface area contributed by atoms with Gasteiger partial charge in [-0.3, -0.25) is 4.68 Å². The van der Waals surface area contributed by atoms with E-state index in [4.69, 9.17) is 33.3 Å². The molecule has 0 amide bonds. The Balaban J connectivity index is 1.86. The fourth-order valence-corrected chi connectivity index (χ4v) is 2.18. The van der Waals surface area contributed by atoms with Crippen LogP contribution in [0.15, 0.2) is 30.6 Å². The molecule has 118 valence electrons. The Bertz CT molecular complexity index is 648. The number of ether oxygens (including phenoxy) is 2. The van der Waals surface area contributed by atoms with Crippen LogP contribution in [0.2, 0.25) is 5.02 Å².